The molecule has 2 amide bonds. The van der Waals surface area contributed by atoms with E-state index >= 15 is 0 Å². The first-order chi connectivity index (χ1) is 16.5. The zero-order chi connectivity index (χ0) is 23.5. The minimum atomic E-state index is -3.63. The van der Waals surface area contributed by atoms with Crippen LogP contribution < -0.4 is 14.9 Å². The number of carbonyl (C=O) groups is 1. The van der Waals surface area contributed by atoms with Crippen LogP contribution in [-0.4, -0.2) is 21.0 Å². The van der Waals surface area contributed by atoms with Gasteiger partial charge >= 0.3 is 6.03 Å². The maximum absolute atomic E-state index is 13.2. The number of amides is 2. The Hall–Kier alpha value is -3.84. The Kier molecular flexibility index (Phi) is 5.94. The van der Waals surface area contributed by atoms with E-state index in [1.807, 2.05) is 48.5 Å². The quantitative estimate of drug-likeness (QED) is 0.414. The summed E-state index contributed by atoms with van der Waals surface area (Å²) in [6.45, 7) is 0.837. The lowest BCUT2D eigenvalue weighted by Crippen LogP contribution is -2.35. The molecule has 0 radical (unpaired) electrons. The minimum Gasteiger partial charge on any atom is -0.334 e. The van der Waals surface area contributed by atoms with Crippen molar-refractivity contribution in [3.63, 3.8) is 0 Å². The van der Waals surface area contributed by atoms with Gasteiger partial charge in [0.2, 0.25) is 0 Å². The van der Waals surface area contributed by atoms with Crippen molar-refractivity contribution in [1.82, 2.24) is 5.32 Å². The SMILES string of the molecule is O=C(NCc1cccc2ccccc12)Nc1ccc2c(c1)CCCN2S(=O)(=O)c1ccccc1. The van der Waals surface area contributed by atoms with E-state index in [0.29, 0.717) is 24.5 Å². The number of hydrogen-bond acceptors (Lipinski definition) is 3. The van der Waals surface area contributed by atoms with Crippen LogP contribution in [0.2, 0.25) is 0 Å². The highest BCUT2D eigenvalue weighted by atomic mass is 32.2. The fourth-order valence-electron chi connectivity index (χ4n) is 4.41. The molecule has 2 N–H and O–H groups in total. The highest BCUT2D eigenvalue weighted by Crippen LogP contribution is 2.33. The number of rotatable bonds is 5. The third kappa shape index (κ3) is 4.34. The van der Waals surface area contributed by atoms with Crippen LogP contribution in [0.5, 0.6) is 0 Å². The van der Waals surface area contributed by atoms with Crippen LogP contribution in [0.4, 0.5) is 16.2 Å². The lowest BCUT2D eigenvalue weighted by Gasteiger charge is -2.30. The Morgan fingerprint density at radius 3 is 2.50 bits per heavy atom. The topological polar surface area (TPSA) is 78.5 Å². The van der Waals surface area contributed by atoms with Crippen molar-refractivity contribution in [1.29, 1.82) is 0 Å². The van der Waals surface area contributed by atoms with Crippen LogP contribution >= 0.6 is 0 Å². The second-order valence-electron chi connectivity index (χ2n) is 8.28. The molecule has 7 heteroatoms. The van der Waals surface area contributed by atoms with Crippen LogP contribution in [0.25, 0.3) is 10.8 Å². The van der Waals surface area contributed by atoms with Gasteiger partial charge in [-0.1, -0.05) is 60.7 Å². The first-order valence-corrected chi connectivity index (χ1v) is 12.7. The van der Waals surface area contributed by atoms with E-state index in [4.69, 9.17) is 0 Å². The second kappa shape index (κ2) is 9.19. The Morgan fingerprint density at radius 2 is 1.65 bits per heavy atom. The number of carbonyl (C=O) groups excluding carboxylic acids is 1. The molecule has 0 atom stereocenters. The van der Waals surface area contributed by atoms with Gasteiger partial charge in [0.25, 0.3) is 10.0 Å². The molecule has 4 aromatic rings. The molecule has 0 aliphatic carbocycles. The Labute approximate surface area is 199 Å². The van der Waals surface area contributed by atoms with Crippen molar-refractivity contribution < 1.29 is 13.2 Å². The number of fused-ring (bicyclic) bond motifs is 2. The monoisotopic (exact) mass is 471 g/mol. The number of aryl methyl sites for hydroxylation is 1. The molecule has 4 aromatic carbocycles. The molecule has 172 valence electrons. The predicted octanol–water partition coefficient (Wildman–Crippen LogP) is 5.30. The number of nitrogens with one attached hydrogen (secondary N) is 2. The molecular formula is C27H25N3O3S. The summed E-state index contributed by atoms with van der Waals surface area (Å²) in [6, 6.07) is 27.6. The third-order valence-corrected chi connectivity index (χ3v) is 7.89. The molecule has 1 aliphatic rings. The second-order valence-corrected chi connectivity index (χ2v) is 10.1. The number of sulfonamides is 1. The average Bonchev–Trinajstić information content (AvgIpc) is 2.87. The maximum Gasteiger partial charge on any atom is 0.319 e. The van der Waals surface area contributed by atoms with Gasteiger partial charge in [0.05, 0.1) is 10.6 Å². The van der Waals surface area contributed by atoms with Crippen LogP contribution in [0.3, 0.4) is 0 Å². The van der Waals surface area contributed by atoms with E-state index in [1.165, 1.54) is 4.31 Å². The van der Waals surface area contributed by atoms with Crippen molar-refractivity contribution in [2.24, 2.45) is 0 Å². The van der Waals surface area contributed by atoms with E-state index in [2.05, 4.69) is 10.6 Å². The van der Waals surface area contributed by atoms with E-state index in [1.54, 1.807) is 42.5 Å². The zero-order valence-corrected chi connectivity index (χ0v) is 19.4. The number of benzene rings is 4. The fraction of sp³-hybridized carbons (Fsp3) is 0.148. The van der Waals surface area contributed by atoms with Gasteiger partial charge in [-0.2, -0.15) is 0 Å². The molecule has 0 saturated heterocycles. The summed E-state index contributed by atoms with van der Waals surface area (Å²) in [6.07, 6.45) is 1.47. The summed E-state index contributed by atoms with van der Waals surface area (Å²) in [5, 5.41) is 8.04. The minimum absolute atomic E-state index is 0.276. The van der Waals surface area contributed by atoms with Gasteiger partial charge in [-0.3, -0.25) is 4.31 Å². The van der Waals surface area contributed by atoms with E-state index in [0.717, 1.165) is 34.7 Å². The highest BCUT2D eigenvalue weighted by molar-refractivity contribution is 7.92. The molecular weight excluding hydrogens is 446 g/mol. The lowest BCUT2D eigenvalue weighted by atomic mass is 10.0. The summed E-state index contributed by atoms with van der Waals surface area (Å²) < 4.78 is 27.8. The predicted molar refractivity (Wildman–Crippen MR) is 136 cm³/mol. The molecule has 1 aliphatic heterocycles. The molecule has 6 nitrogen and oxygen atoms in total. The largest absolute Gasteiger partial charge is 0.334 e. The van der Waals surface area contributed by atoms with Gasteiger partial charge in [0, 0.05) is 18.8 Å². The van der Waals surface area contributed by atoms with Crippen molar-refractivity contribution in [3.8, 4) is 0 Å². The van der Waals surface area contributed by atoms with Gasteiger partial charge in [0.15, 0.2) is 0 Å². The average molecular weight is 472 g/mol. The summed E-state index contributed by atoms with van der Waals surface area (Å²) >= 11 is 0. The summed E-state index contributed by atoms with van der Waals surface area (Å²) in [5.74, 6) is 0. The lowest BCUT2D eigenvalue weighted by molar-refractivity contribution is 0.252. The van der Waals surface area contributed by atoms with Crippen molar-refractivity contribution in [2.45, 2.75) is 24.3 Å². The van der Waals surface area contributed by atoms with Crippen molar-refractivity contribution in [2.75, 3.05) is 16.2 Å². The maximum atomic E-state index is 13.2. The fourth-order valence-corrected chi connectivity index (χ4v) is 5.97. The standard InChI is InChI=1S/C27H25N3O3S/c31-27(28-19-22-10-6-9-20-8-4-5-14-25(20)22)29-23-15-16-26-21(18-23)11-7-17-30(26)34(32,33)24-12-2-1-3-13-24/h1-6,8-10,12-16,18H,7,11,17,19H2,(H2,28,29,31). The van der Waals surface area contributed by atoms with Crippen LogP contribution in [-0.2, 0) is 23.0 Å². The molecule has 0 saturated carbocycles. The van der Waals surface area contributed by atoms with Crippen molar-refractivity contribution >= 4 is 38.2 Å². The van der Waals surface area contributed by atoms with Crippen LogP contribution in [0.1, 0.15) is 17.5 Å². The number of urea groups is 1. The van der Waals surface area contributed by atoms with Gasteiger partial charge in [-0.05, 0) is 65.1 Å². The Bertz CT molecular complexity index is 1450. The first kappa shape index (κ1) is 22.0. The molecule has 34 heavy (non-hydrogen) atoms. The Morgan fingerprint density at radius 1 is 0.882 bits per heavy atom. The third-order valence-electron chi connectivity index (χ3n) is 6.06. The number of anilines is 2. The highest BCUT2D eigenvalue weighted by Gasteiger charge is 2.29. The molecule has 0 unspecified atom stereocenters. The normalized spacial score (nSPS) is 13.4. The molecule has 0 aromatic heterocycles. The first-order valence-electron chi connectivity index (χ1n) is 11.2. The molecule has 5 rings (SSSR count). The summed E-state index contributed by atoms with van der Waals surface area (Å²) in [4.78, 5) is 12.8. The summed E-state index contributed by atoms with van der Waals surface area (Å²) in [7, 11) is -3.63. The molecule has 0 spiro atoms. The van der Waals surface area contributed by atoms with Crippen LogP contribution in [0.15, 0.2) is 95.9 Å². The van der Waals surface area contributed by atoms with Gasteiger partial charge in [0.1, 0.15) is 0 Å². The smallest absolute Gasteiger partial charge is 0.319 e. The summed E-state index contributed by atoms with van der Waals surface area (Å²) in [5.41, 5.74) is 3.24. The molecule has 0 fully saturated rings. The van der Waals surface area contributed by atoms with E-state index in [-0.39, 0.29) is 10.9 Å². The number of nitrogens with zero attached hydrogens (tertiary/aromatic N) is 1. The zero-order valence-electron chi connectivity index (χ0n) is 18.6. The van der Waals surface area contributed by atoms with Crippen molar-refractivity contribution in [3.05, 3.63) is 102 Å². The van der Waals surface area contributed by atoms with Crippen LogP contribution in [0, 0.1) is 0 Å². The van der Waals surface area contributed by atoms with Gasteiger partial charge < -0.3 is 10.6 Å². The van der Waals surface area contributed by atoms with E-state index in [9.17, 15) is 13.2 Å². The number of hydrogen-bond donors (Lipinski definition) is 2. The van der Waals surface area contributed by atoms with Gasteiger partial charge in [-0.25, -0.2) is 13.2 Å². The van der Waals surface area contributed by atoms with E-state index < -0.39 is 10.0 Å². The molecule has 1 heterocycles. The van der Waals surface area contributed by atoms with Gasteiger partial charge in [-0.15, -0.1) is 0 Å². The molecule has 0 bridgehead atoms. The Balaban J connectivity index is 1.30.